The molecule has 0 aromatic heterocycles. The highest BCUT2D eigenvalue weighted by atomic mass is 35.5. The van der Waals surface area contributed by atoms with Crippen LogP contribution < -0.4 is 5.32 Å². The van der Waals surface area contributed by atoms with E-state index in [0.29, 0.717) is 6.54 Å². The zero-order valence-corrected chi connectivity index (χ0v) is 8.17. The van der Waals surface area contributed by atoms with E-state index in [1.165, 1.54) is 6.07 Å². The Labute approximate surface area is 86.0 Å². The molecule has 0 saturated carbocycles. The van der Waals surface area contributed by atoms with E-state index in [1.807, 2.05) is 0 Å². The number of rotatable bonds is 1. The van der Waals surface area contributed by atoms with Crippen LogP contribution in [-0.2, 0) is 13.0 Å². The molecule has 0 fully saturated rings. The van der Waals surface area contributed by atoms with Crippen LogP contribution in [0.15, 0.2) is 12.1 Å². The van der Waals surface area contributed by atoms with Gasteiger partial charge in [0.25, 0.3) is 5.69 Å². The molecule has 4 nitrogen and oxygen atoms in total. The molecule has 5 heteroatoms. The molecular formula is C9H9ClN2O2. The molecule has 0 spiro atoms. The van der Waals surface area contributed by atoms with Crippen molar-refractivity contribution in [1.29, 1.82) is 0 Å². The number of fused-ring (bicyclic) bond motifs is 1. The molecule has 2 rings (SSSR count). The number of hydrogen-bond donors (Lipinski definition) is 1. The van der Waals surface area contributed by atoms with Gasteiger partial charge in [0.05, 0.1) is 4.92 Å². The fraction of sp³-hybridized carbons (Fsp3) is 0.333. The van der Waals surface area contributed by atoms with E-state index in [2.05, 4.69) is 5.32 Å². The first-order chi connectivity index (χ1) is 6.70. The molecule has 0 aliphatic carbocycles. The summed E-state index contributed by atoms with van der Waals surface area (Å²) in [7, 11) is 0. The number of benzene rings is 1. The van der Waals surface area contributed by atoms with Crippen molar-refractivity contribution >= 4 is 17.3 Å². The maximum Gasteiger partial charge on any atom is 0.288 e. The average Bonchev–Trinajstić information content (AvgIpc) is 2.18. The van der Waals surface area contributed by atoms with Gasteiger partial charge in [-0.05, 0) is 24.1 Å². The summed E-state index contributed by atoms with van der Waals surface area (Å²) in [5, 5.41) is 14.0. The van der Waals surface area contributed by atoms with E-state index >= 15 is 0 Å². The largest absolute Gasteiger partial charge is 0.312 e. The summed E-state index contributed by atoms with van der Waals surface area (Å²) in [6, 6.07) is 3.27. The Morgan fingerprint density at radius 1 is 1.50 bits per heavy atom. The Balaban J connectivity index is 2.54. The predicted molar refractivity (Wildman–Crippen MR) is 53.5 cm³/mol. The highest BCUT2D eigenvalue weighted by Gasteiger charge is 2.20. The molecule has 14 heavy (non-hydrogen) atoms. The van der Waals surface area contributed by atoms with Gasteiger partial charge in [0.1, 0.15) is 5.02 Å². The first-order valence-electron chi connectivity index (χ1n) is 4.35. The smallest absolute Gasteiger partial charge is 0.288 e. The minimum absolute atomic E-state index is 0.00545. The van der Waals surface area contributed by atoms with Gasteiger partial charge >= 0.3 is 0 Å². The maximum atomic E-state index is 10.6. The Morgan fingerprint density at radius 3 is 3.00 bits per heavy atom. The summed E-state index contributed by atoms with van der Waals surface area (Å²) in [6.45, 7) is 1.52. The van der Waals surface area contributed by atoms with Crippen molar-refractivity contribution < 1.29 is 4.92 Å². The Kier molecular flexibility index (Phi) is 2.39. The second-order valence-electron chi connectivity index (χ2n) is 3.22. The lowest BCUT2D eigenvalue weighted by Gasteiger charge is -2.17. The summed E-state index contributed by atoms with van der Waals surface area (Å²) in [5.41, 5.74) is 1.97. The molecule has 1 aromatic rings. The zero-order chi connectivity index (χ0) is 10.1. The zero-order valence-electron chi connectivity index (χ0n) is 7.42. The van der Waals surface area contributed by atoms with Gasteiger partial charge in [-0.25, -0.2) is 0 Å². The maximum absolute atomic E-state index is 10.6. The summed E-state index contributed by atoms with van der Waals surface area (Å²) < 4.78 is 0. The van der Waals surface area contributed by atoms with Gasteiger partial charge in [0.2, 0.25) is 0 Å². The SMILES string of the molecule is O=[N+]([O-])c1ccc2c(c1Cl)CNCC2. The van der Waals surface area contributed by atoms with Crippen LogP contribution in [-0.4, -0.2) is 11.5 Å². The minimum atomic E-state index is -0.447. The van der Waals surface area contributed by atoms with E-state index in [9.17, 15) is 10.1 Å². The fourth-order valence-electron chi connectivity index (χ4n) is 1.65. The molecule has 1 aliphatic rings. The number of hydrogen-bond acceptors (Lipinski definition) is 3. The molecule has 1 heterocycles. The number of nitrogens with one attached hydrogen (secondary N) is 1. The third-order valence-electron chi connectivity index (χ3n) is 2.39. The Morgan fingerprint density at radius 2 is 2.29 bits per heavy atom. The topological polar surface area (TPSA) is 55.2 Å². The Hall–Kier alpha value is -1.13. The standard InChI is InChI=1S/C9H9ClN2O2/c10-9-7-5-11-4-3-6(7)1-2-8(9)12(13)14/h1-2,11H,3-5H2. The lowest BCUT2D eigenvalue weighted by Crippen LogP contribution is -2.24. The van der Waals surface area contributed by atoms with Gasteiger partial charge in [-0.3, -0.25) is 10.1 Å². The van der Waals surface area contributed by atoms with Crippen molar-refractivity contribution in [2.24, 2.45) is 0 Å². The van der Waals surface area contributed by atoms with Crippen molar-refractivity contribution in [1.82, 2.24) is 5.32 Å². The Bertz CT molecular complexity index is 393. The third kappa shape index (κ3) is 1.47. The predicted octanol–water partition coefficient (Wildman–Crippen LogP) is 1.89. The van der Waals surface area contributed by atoms with Crippen LogP contribution in [0.3, 0.4) is 0 Å². The van der Waals surface area contributed by atoms with Gasteiger partial charge in [0.15, 0.2) is 0 Å². The van der Waals surface area contributed by atoms with E-state index in [4.69, 9.17) is 11.6 Å². The van der Waals surface area contributed by atoms with Crippen molar-refractivity contribution in [2.75, 3.05) is 6.54 Å². The molecule has 0 unspecified atom stereocenters. The van der Waals surface area contributed by atoms with E-state index < -0.39 is 4.92 Å². The van der Waals surface area contributed by atoms with E-state index in [-0.39, 0.29) is 10.7 Å². The number of nitro groups is 1. The van der Waals surface area contributed by atoms with Crippen molar-refractivity contribution in [3.8, 4) is 0 Å². The van der Waals surface area contributed by atoms with Crippen molar-refractivity contribution in [3.05, 3.63) is 38.4 Å². The molecule has 0 bridgehead atoms. The lowest BCUT2D eigenvalue weighted by molar-refractivity contribution is -0.384. The van der Waals surface area contributed by atoms with Crippen LogP contribution in [0.2, 0.25) is 5.02 Å². The highest BCUT2D eigenvalue weighted by Crippen LogP contribution is 2.31. The van der Waals surface area contributed by atoms with Gasteiger partial charge in [-0.1, -0.05) is 17.7 Å². The molecule has 0 amide bonds. The van der Waals surface area contributed by atoms with Crippen LogP contribution >= 0.6 is 11.6 Å². The average molecular weight is 213 g/mol. The first kappa shape index (κ1) is 9.43. The van der Waals surface area contributed by atoms with E-state index in [0.717, 1.165) is 24.1 Å². The highest BCUT2D eigenvalue weighted by molar-refractivity contribution is 6.33. The van der Waals surface area contributed by atoms with Crippen LogP contribution in [0, 0.1) is 10.1 Å². The van der Waals surface area contributed by atoms with Crippen LogP contribution in [0.5, 0.6) is 0 Å². The summed E-state index contributed by atoms with van der Waals surface area (Å²) in [4.78, 5) is 10.2. The molecule has 74 valence electrons. The first-order valence-corrected chi connectivity index (χ1v) is 4.73. The lowest BCUT2D eigenvalue weighted by atomic mass is 10.0. The van der Waals surface area contributed by atoms with Gasteiger partial charge in [-0.15, -0.1) is 0 Å². The van der Waals surface area contributed by atoms with Crippen LogP contribution in [0.1, 0.15) is 11.1 Å². The van der Waals surface area contributed by atoms with Crippen LogP contribution in [0.4, 0.5) is 5.69 Å². The quantitative estimate of drug-likeness (QED) is 0.571. The fourth-order valence-corrected chi connectivity index (χ4v) is 1.97. The van der Waals surface area contributed by atoms with Crippen molar-refractivity contribution in [3.63, 3.8) is 0 Å². The molecule has 0 saturated heterocycles. The third-order valence-corrected chi connectivity index (χ3v) is 2.81. The van der Waals surface area contributed by atoms with Gasteiger partial charge in [0, 0.05) is 12.6 Å². The monoisotopic (exact) mass is 212 g/mol. The summed E-state index contributed by atoms with van der Waals surface area (Å²) in [5.74, 6) is 0. The number of halogens is 1. The number of nitrogens with zero attached hydrogens (tertiary/aromatic N) is 1. The normalized spacial score (nSPS) is 14.9. The summed E-state index contributed by atoms with van der Waals surface area (Å²) in [6.07, 6.45) is 0.882. The second kappa shape index (κ2) is 3.55. The van der Waals surface area contributed by atoms with Gasteiger partial charge in [-0.2, -0.15) is 0 Å². The molecule has 1 aliphatic heterocycles. The van der Waals surface area contributed by atoms with Crippen LogP contribution in [0.25, 0.3) is 0 Å². The molecule has 0 atom stereocenters. The second-order valence-corrected chi connectivity index (χ2v) is 3.60. The molecule has 1 aromatic carbocycles. The van der Waals surface area contributed by atoms with Crippen molar-refractivity contribution in [2.45, 2.75) is 13.0 Å². The minimum Gasteiger partial charge on any atom is -0.312 e. The number of nitro benzene ring substituents is 1. The molecular weight excluding hydrogens is 204 g/mol. The summed E-state index contributed by atoms with van der Waals surface area (Å²) >= 11 is 5.94. The van der Waals surface area contributed by atoms with Gasteiger partial charge < -0.3 is 5.32 Å². The molecule has 0 radical (unpaired) electrons. The molecule has 1 N–H and O–H groups in total. The van der Waals surface area contributed by atoms with E-state index in [1.54, 1.807) is 6.07 Å².